The number of nitrogens with zero attached hydrogens (tertiary/aromatic N) is 1. The van der Waals surface area contributed by atoms with E-state index in [2.05, 4.69) is 10.5 Å². The van der Waals surface area contributed by atoms with Crippen molar-refractivity contribution in [3.05, 3.63) is 107 Å². The van der Waals surface area contributed by atoms with Crippen LogP contribution in [0.15, 0.2) is 90.0 Å². The molecule has 0 saturated heterocycles. The average molecular weight is 473 g/mol. The van der Waals surface area contributed by atoms with Gasteiger partial charge in [-0.2, -0.15) is 5.10 Å². The Morgan fingerprint density at radius 2 is 1.74 bits per heavy atom. The summed E-state index contributed by atoms with van der Waals surface area (Å²) in [4.78, 5) is 25.2. The molecule has 7 heteroatoms. The normalized spacial score (nSPS) is 10.9. The van der Waals surface area contributed by atoms with Crippen molar-refractivity contribution >= 4 is 40.5 Å². The second-order valence-corrected chi connectivity index (χ2v) is 7.69. The second kappa shape index (κ2) is 10.6. The highest BCUT2D eigenvalue weighted by atomic mass is 35.5. The van der Waals surface area contributed by atoms with Gasteiger partial charge >= 0.3 is 5.97 Å². The van der Waals surface area contributed by atoms with Crippen LogP contribution in [-0.2, 0) is 0 Å². The minimum atomic E-state index is -0.518. The molecule has 170 valence electrons. The van der Waals surface area contributed by atoms with E-state index in [9.17, 15) is 9.59 Å². The van der Waals surface area contributed by atoms with Gasteiger partial charge in [0.1, 0.15) is 11.5 Å². The fourth-order valence-electron chi connectivity index (χ4n) is 3.36. The smallest absolute Gasteiger partial charge is 0.343 e. The Morgan fingerprint density at radius 1 is 0.941 bits per heavy atom. The number of esters is 1. The Labute approximate surface area is 201 Å². The number of carbonyl (C=O) groups is 2. The van der Waals surface area contributed by atoms with Crippen molar-refractivity contribution in [2.45, 2.75) is 6.92 Å². The second-order valence-electron chi connectivity index (χ2n) is 7.25. The molecule has 0 aliphatic carbocycles. The van der Waals surface area contributed by atoms with Crippen molar-refractivity contribution in [1.82, 2.24) is 5.43 Å². The van der Waals surface area contributed by atoms with E-state index in [0.717, 1.165) is 10.8 Å². The maximum absolute atomic E-state index is 12.8. The zero-order valence-electron chi connectivity index (χ0n) is 18.3. The van der Waals surface area contributed by atoms with Crippen LogP contribution in [0, 0.1) is 0 Å². The van der Waals surface area contributed by atoms with Gasteiger partial charge in [-0.15, -0.1) is 0 Å². The van der Waals surface area contributed by atoms with E-state index in [4.69, 9.17) is 21.1 Å². The van der Waals surface area contributed by atoms with Gasteiger partial charge in [-0.1, -0.05) is 48.0 Å². The lowest BCUT2D eigenvalue weighted by Crippen LogP contribution is -2.17. The van der Waals surface area contributed by atoms with Crippen molar-refractivity contribution in [1.29, 1.82) is 0 Å². The van der Waals surface area contributed by atoms with Crippen LogP contribution < -0.4 is 14.9 Å². The quantitative estimate of drug-likeness (QED) is 0.158. The van der Waals surface area contributed by atoms with Crippen LogP contribution in [0.1, 0.15) is 33.2 Å². The largest absolute Gasteiger partial charge is 0.494 e. The number of hydrogen-bond acceptors (Lipinski definition) is 5. The molecule has 0 bridgehead atoms. The number of halogens is 1. The average Bonchev–Trinajstić information content (AvgIpc) is 2.85. The highest BCUT2D eigenvalue weighted by molar-refractivity contribution is 6.31. The molecule has 0 aliphatic heterocycles. The molecule has 6 nitrogen and oxygen atoms in total. The van der Waals surface area contributed by atoms with Crippen molar-refractivity contribution in [3.63, 3.8) is 0 Å². The zero-order chi connectivity index (χ0) is 23.9. The van der Waals surface area contributed by atoms with E-state index in [1.54, 1.807) is 54.6 Å². The van der Waals surface area contributed by atoms with Crippen LogP contribution in [-0.4, -0.2) is 24.7 Å². The maximum Gasteiger partial charge on any atom is 0.343 e. The summed E-state index contributed by atoms with van der Waals surface area (Å²) in [7, 11) is 0. The predicted molar refractivity (Wildman–Crippen MR) is 133 cm³/mol. The summed E-state index contributed by atoms with van der Waals surface area (Å²) in [6.45, 7) is 2.43. The molecule has 4 aromatic carbocycles. The van der Waals surface area contributed by atoms with E-state index < -0.39 is 11.9 Å². The molecule has 1 amide bonds. The summed E-state index contributed by atoms with van der Waals surface area (Å²) in [6.07, 6.45) is 1.46. The highest BCUT2D eigenvalue weighted by Crippen LogP contribution is 2.27. The van der Waals surface area contributed by atoms with Gasteiger partial charge in [0, 0.05) is 16.1 Å². The van der Waals surface area contributed by atoms with Gasteiger partial charge in [0.2, 0.25) is 0 Å². The summed E-state index contributed by atoms with van der Waals surface area (Å²) in [5.41, 5.74) is 3.81. The lowest BCUT2D eigenvalue weighted by Gasteiger charge is -2.11. The lowest BCUT2D eigenvalue weighted by atomic mass is 10.0. The number of rotatable bonds is 7. The van der Waals surface area contributed by atoms with E-state index in [-0.39, 0.29) is 0 Å². The summed E-state index contributed by atoms with van der Waals surface area (Å²) in [6, 6.07) is 24.5. The molecule has 34 heavy (non-hydrogen) atoms. The molecule has 0 aromatic heterocycles. The standard InChI is InChI=1S/C27H21ClN2O4/c1-2-33-22-13-10-19(11-14-22)27(32)34-25-15-12-18-6-3-4-9-23(18)24(25)17-29-30-26(31)20-7-5-8-21(28)16-20/h3-17H,2H2,1H3,(H,30,31)/b29-17+. The fourth-order valence-corrected chi connectivity index (χ4v) is 3.55. The summed E-state index contributed by atoms with van der Waals surface area (Å²) >= 11 is 5.95. The molecule has 4 rings (SSSR count). The van der Waals surface area contributed by atoms with Gasteiger partial charge in [-0.05, 0) is 66.2 Å². The first-order valence-electron chi connectivity index (χ1n) is 10.6. The molecule has 0 spiro atoms. The molecular weight excluding hydrogens is 452 g/mol. The third-order valence-corrected chi connectivity index (χ3v) is 5.22. The predicted octanol–water partition coefficient (Wildman–Crippen LogP) is 5.88. The third kappa shape index (κ3) is 5.42. The lowest BCUT2D eigenvalue weighted by molar-refractivity contribution is 0.0734. The third-order valence-electron chi connectivity index (χ3n) is 4.98. The number of carbonyl (C=O) groups excluding carboxylic acids is 2. The molecule has 0 atom stereocenters. The SMILES string of the molecule is CCOc1ccc(C(=O)Oc2ccc3ccccc3c2/C=N/NC(=O)c2cccc(Cl)c2)cc1. The zero-order valence-corrected chi connectivity index (χ0v) is 19.1. The molecule has 0 aliphatic rings. The Hall–Kier alpha value is -4.16. The van der Waals surface area contributed by atoms with Crippen molar-refractivity contribution < 1.29 is 19.1 Å². The number of nitrogens with one attached hydrogen (secondary N) is 1. The fraction of sp³-hybridized carbons (Fsp3) is 0.0741. The van der Waals surface area contributed by atoms with Crippen LogP contribution in [0.25, 0.3) is 10.8 Å². The van der Waals surface area contributed by atoms with Crippen molar-refractivity contribution in [2.24, 2.45) is 5.10 Å². The Kier molecular flexibility index (Phi) is 7.20. The van der Waals surface area contributed by atoms with E-state index in [1.807, 2.05) is 37.3 Å². The molecule has 1 N–H and O–H groups in total. The first kappa shape index (κ1) is 23.0. The van der Waals surface area contributed by atoms with Crippen LogP contribution >= 0.6 is 11.6 Å². The Balaban J connectivity index is 1.59. The van der Waals surface area contributed by atoms with Gasteiger partial charge in [0.05, 0.1) is 18.4 Å². The van der Waals surface area contributed by atoms with Crippen molar-refractivity contribution in [3.8, 4) is 11.5 Å². The minimum absolute atomic E-state index is 0.318. The Morgan fingerprint density at radius 3 is 2.50 bits per heavy atom. The number of fused-ring (bicyclic) bond motifs is 1. The van der Waals surface area contributed by atoms with Crippen LogP contribution in [0.3, 0.4) is 0 Å². The summed E-state index contributed by atoms with van der Waals surface area (Å²) < 4.78 is 11.1. The molecule has 0 unspecified atom stereocenters. The minimum Gasteiger partial charge on any atom is -0.494 e. The van der Waals surface area contributed by atoms with E-state index in [0.29, 0.717) is 39.8 Å². The van der Waals surface area contributed by atoms with Gasteiger partial charge < -0.3 is 9.47 Å². The van der Waals surface area contributed by atoms with Crippen LogP contribution in [0.4, 0.5) is 0 Å². The summed E-state index contributed by atoms with van der Waals surface area (Å²) in [5.74, 6) is 0.0641. The highest BCUT2D eigenvalue weighted by Gasteiger charge is 2.14. The molecule has 4 aromatic rings. The number of hydrogen-bond donors (Lipinski definition) is 1. The first-order chi connectivity index (χ1) is 16.5. The van der Waals surface area contributed by atoms with E-state index in [1.165, 1.54) is 6.21 Å². The van der Waals surface area contributed by atoms with Gasteiger partial charge in [0.25, 0.3) is 5.91 Å². The van der Waals surface area contributed by atoms with Crippen LogP contribution in [0.5, 0.6) is 11.5 Å². The number of amides is 1. The summed E-state index contributed by atoms with van der Waals surface area (Å²) in [5, 5.41) is 6.30. The van der Waals surface area contributed by atoms with Gasteiger partial charge in [-0.25, -0.2) is 10.2 Å². The van der Waals surface area contributed by atoms with Crippen LogP contribution in [0.2, 0.25) is 5.02 Å². The monoisotopic (exact) mass is 472 g/mol. The molecule has 0 saturated carbocycles. The number of ether oxygens (including phenoxy) is 2. The maximum atomic E-state index is 12.8. The van der Waals surface area contributed by atoms with Crippen molar-refractivity contribution in [2.75, 3.05) is 6.61 Å². The van der Waals surface area contributed by atoms with Gasteiger partial charge in [-0.3, -0.25) is 4.79 Å². The van der Waals surface area contributed by atoms with Gasteiger partial charge in [0.15, 0.2) is 0 Å². The van der Waals surface area contributed by atoms with E-state index >= 15 is 0 Å². The first-order valence-corrected chi connectivity index (χ1v) is 11.0. The number of hydrazone groups is 1. The molecular formula is C27H21ClN2O4. The molecule has 0 radical (unpaired) electrons. The molecule has 0 fully saturated rings. The molecule has 0 heterocycles. The number of benzene rings is 4. The Bertz CT molecular complexity index is 1370. The topological polar surface area (TPSA) is 77.0 Å².